The first-order chi connectivity index (χ1) is 13.6. The van der Waals surface area contributed by atoms with Gasteiger partial charge in [0.2, 0.25) is 5.91 Å². The van der Waals surface area contributed by atoms with Crippen LogP contribution in [0.5, 0.6) is 17.2 Å². The van der Waals surface area contributed by atoms with Crippen molar-refractivity contribution >= 4 is 12.0 Å². The minimum Gasteiger partial charge on any atom is -0.497 e. The summed E-state index contributed by atoms with van der Waals surface area (Å²) in [5, 5.41) is 2.97. The van der Waals surface area contributed by atoms with E-state index in [-0.39, 0.29) is 11.9 Å². The van der Waals surface area contributed by atoms with Gasteiger partial charge in [-0.15, -0.1) is 0 Å². The molecule has 1 aliphatic rings. The highest BCUT2D eigenvalue weighted by Crippen LogP contribution is 2.31. The summed E-state index contributed by atoms with van der Waals surface area (Å²) >= 11 is 0. The Morgan fingerprint density at radius 2 is 1.96 bits per heavy atom. The summed E-state index contributed by atoms with van der Waals surface area (Å²) in [5.74, 6) is 2.10. The van der Waals surface area contributed by atoms with Gasteiger partial charge in [-0.2, -0.15) is 0 Å². The maximum absolute atomic E-state index is 12.3. The Morgan fingerprint density at radius 1 is 1.18 bits per heavy atom. The van der Waals surface area contributed by atoms with Crippen LogP contribution < -0.4 is 19.5 Å². The van der Waals surface area contributed by atoms with Crippen LogP contribution in [0.3, 0.4) is 0 Å². The fourth-order valence-corrected chi connectivity index (χ4v) is 3.04. The molecule has 0 aliphatic carbocycles. The third kappa shape index (κ3) is 5.04. The highest BCUT2D eigenvalue weighted by molar-refractivity contribution is 5.91. The van der Waals surface area contributed by atoms with E-state index in [0.29, 0.717) is 25.5 Å². The molecule has 1 unspecified atom stereocenters. The second kappa shape index (κ2) is 9.28. The predicted octanol–water partition coefficient (Wildman–Crippen LogP) is 2.90. The fourth-order valence-electron chi connectivity index (χ4n) is 3.04. The van der Waals surface area contributed by atoms with Crippen molar-refractivity contribution in [3.63, 3.8) is 0 Å². The average molecular weight is 382 g/mol. The number of methoxy groups -OCH3 is 1. The molecule has 1 aliphatic heterocycles. The zero-order valence-electron chi connectivity index (χ0n) is 16.5. The Balaban J connectivity index is 1.61. The minimum atomic E-state index is -0.148. The van der Waals surface area contributed by atoms with Crippen molar-refractivity contribution in [1.29, 1.82) is 0 Å². The molecule has 2 aromatic carbocycles. The number of ether oxygens (including phenoxy) is 3. The van der Waals surface area contributed by atoms with E-state index < -0.39 is 0 Å². The number of amides is 1. The molecule has 0 saturated heterocycles. The molecular formula is C22H26N2O4. The Bertz CT molecular complexity index is 848. The number of hydrogen-bond acceptors (Lipinski definition) is 5. The number of likely N-dealkylation sites (N-methyl/N-ethyl adjacent to an activating group) is 1. The third-order valence-corrected chi connectivity index (χ3v) is 4.56. The minimum absolute atomic E-state index is 0.0433. The van der Waals surface area contributed by atoms with Crippen LogP contribution in [0.4, 0.5) is 0 Å². The second-order valence-electron chi connectivity index (χ2n) is 6.74. The summed E-state index contributed by atoms with van der Waals surface area (Å²) in [6.45, 7) is 1.59. The molecule has 148 valence electrons. The maximum Gasteiger partial charge on any atom is 0.244 e. The molecule has 28 heavy (non-hydrogen) atoms. The largest absolute Gasteiger partial charge is 0.497 e. The van der Waals surface area contributed by atoms with Crippen LogP contribution in [0, 0.1) is 0 Å². The van der Waals surface area contributed by atoms with Crippen molar-refractivity contribution in [2.75, 3.05) is 41.0 Å². The smallest absolute Gasteiger partial charge is 0.244 e. The zero-order chi connectivity index (χ0) is 19.9. The molecular weight excluding hydrogens is 356 g/mol. The average Bonchev–Trinajstić information content (AvgIpc) is 2.72. The maximum atomic E-state index is 12.3. The van der Waals surface area contributed by atoms with E-state index in [9.17, 15) is 4.79 Å². The van der Waals surface area contributed by atoms with Gasteiger partial charge in [0.05, 0.1) is 13.2 Å². The zero-order valence-corrected chi connectivity index (χ0v) is 16.5. The summed E-state index contributed by atoms with van der Waals surface area (Å²) in [5.41, 5.74) is 1.97. The van der Waals surface area contributed by atoms with Gasteiger partial charge in [0.1, 0.15) is 19.0 Å². The molecule has 0 bridgehead atoms. The number of carbonyl (C=O) groups excluding carboxylic acids is 1. The molecule has 6 nitrogen and oxygen atoms in total. The molecule has 6 heteroatoms. The van der Waals surface area contributed by atoms with Gasteiger partial charge in [-0.05, 0) is 55.6 Å². The van der Waals surface area contributed by atoms with Crippen molar-refractivity contribution in [2.45, 2.75) is 6.04 Å². The molecule has 0 fully saturated rings. The van der Waals surface area contributed by atoms with E-state index in [1.807, 2.05) is 56.6 Å². The molecule has 0 spiro atoms. The number of rotatable bonds is 7. The Labute approximate surface area is 165 Å². The topological polar surface area (TPSA) is 60.0 Å². The van der Waals surface area contributed by atoms with Crippen LogP contribution >= 0.6 is 0 Å². The van der Waals surface area contributed by atoms with Gasteiger partial charge in [-0.25, -0.2) is 0 Å². The number of carbonyl (C=O) groups is 1. The molecule has 0 saturated carbocycles. The normalized spacial score (nSPS) is 14.1. The number of fused-ring (bicyclic) bond motifs is 1. The van der Waals surface area contributed by atoms with Gasteiger partial charge in [-0.1, -0.05) is 18.2 Å². The second-order valence-corrected chi connectivity index (χ2v) is 6.74. The summed E-state index contributed by atoms with van der Waals surface area (Å²) in [7, 11) is 5.62. The lowest BCUT2D eigenvalue weighted by atomic mass is 10.1. The first-order valence-electron chi connectivity index (χ1n) is 9.23. The van der Waals surface area contributed by atoms with Gasteiger partial charge >= 0.3 is 0 Å². The lowest BCUT2D eigenvalue weighted by Gasteiger charge is -2.25. The van der Waals surface area contributed by atoms with Gasteiger partial charge < -0.3 is 24.4 Å². The molecule has 2 aromatic rings. The highest BCUT2D eigenvalue weighted by atomic mass is 16.6. The van der Waals surface area contributed by atoms with E-state index in [1.54, 1.807) is 13.2 Å². The lowest BCUT2D eigenvalue weighted by molar-refractivity contribution is -0.116. The SMILES string of the molecule is COc1cccc(C(CNC(=O)C=Cc2ccc3c(c2)OCCO3)N(C)C)c1. The molecule has 3 rings (SSSR count). The third-order valence-electron chi connectivity index (χ3n) is 4.56. The lowest BCUT2D eigenvalue weighted by Crippen LogP contribution is -2.33. The van der Waals surface area contributed by atoms with E-state index in [0.717, 1.165) is 22.6 Å². The van der Waals surface area contributed by atoms with Crippen molar-refractivity contribution in [1.82, 2.24) is 10.2 Å². The monoisotopic (exact) mass is 382 g/mol. The molecule has 1 atom stereocenters. The summed E-state index contributed by atoms with van der Waals surface area (Å²) in [6.07, 6.45) is 3.30. The number of nitrogens with one attached hydrogen (secondary N) is 1. The quantitative estimate of drug-likeness (QED) is 0.746. The van der Waals surface area contributed by atoms with E-state index in [4.69, 9.17) is 14.2 Å². The predicted molar refractivity (Wildman–Crippen MR) is 109 cm³/mol. The molecule has 0 aromatic heterocycles. The van der Waals surface area contributed by atoms with E-state index >= 15 is 0 Å². The van der Waals surface area contributed by atoms with Crippen LogP contribution in [0.2, 0.25) is 0 Å². The van der Waals surface area contributed by atoms with Gasteiger partial charge in [0.15, 0.2) is 11.5 Å². The Hall–Kier alpha value is -2.99. The van der Waals surface area contributed by atoms with E-state index in [2.05, 4.69) is 10.2 Å². The van der Waals surface area contributed by atoms with Gasteiger partial charge in [-0.3, -0.25) is 4.79 Å². The summed E-state index contributed by atoms with van der Waals surface area (Å²) in [6, 6.07) is 13.6. The van der Waals surface area contributed by atoms with E-state index in [1.165, 1.54) is 6.08 Å². The molecule has 1 heterocycles. The standard InChI is InChI=1S/C22H26N2O4/c1-24(2)19(17-5-4-6-18(14-17)26-3)15-23-22(25)10-8-16-7-9-20-21(13-16)28-12-11-27-20/h4-10,13-14,19H,11-12,15H2,1-3H3,(H,23,25). The van der Waals surface area contributed by atoms with Crippen LogP contribution in [-0.2, 0) is 4.79 Å². The Morgan fingerprint density at radius 3 is 2.71 bits per heavy atom. The van der Waals surface area contributed by atoms with Crippen LogP contribution in [0.25, 0.3) is 6.08 Å². The van der Waals surface area contributed by atoms with Crippen molar-refractivity contribution in [3.05, 3.63) is 59.7 Å². The van der Waals surface area contributed by atoms with Crippen LogP contribution in [-0.4, -0.2) is 51.8 Å². The summed E-state index contributed by atoms with van der Waals surface area (Å²) < 4.78 is 16.4. The molecule has 1 N–H and O–H groups in total. The van der Waals surface area contributed by atoms with Gasteiger partial charge in [0.25, 0.3) is 0 Å². The first kappa shape index (κ1) is 19.8. The van der Waals surface area contributed by atoms with Crippen LogP contribution in [0.15, 0.2) is 48.5 Å². The Kier molecular flexibility index (Phi) is 6.55. The molecule has 0 radical (unpaired) electrons. The van der Waals surface area contributed by atoms with Crippen molar-refractivity contribution < 1.29 is 19.0 Å². The van der Waals surface area contributed by atoms with Gasteiger partial charge in [0, 0.05) is 12.6 Å². The fraction of sp³-hybridized carbons (Fsp3) is 0.318. The summed E-state index contributed by atoms with van der Waals surface area (Å²) in [4.78, 5) is 14.4. The number of nitrogens with zero attached hydrogens (tertiary/aromatic N) is 1. The number of benzene rings is 2. The van der Waals surface area contributed by atoms with Crippen molar-refractivity contribution in [3.8, 4) is 17.2 Å². The van der Waals surface area contributed by atoms with Crippen LogP contribution in [0.1, 0.15) is 17.2 Å². The van der Waals surface area contributed by atoms with Crippen molar-refractivity contribution in [2.24, 2.45) is 0 Å². The highest BCUT2D eigenvalue weighted by Gasteiger charge is 2.15. The molecule has 1 amide bonds. The number of hydrogen-bond donors (Lipinski definition) is 1. The first-order valence-corrected chi connectivity index (χ1v) is 9.23.